The van der Waals surface area contributed by atoms with Crippen molar-refractivity contribution >= 4 is 17.9 Å². The van der Waals surface area contributed by atoms with Crippen molar-refractivity contribution in [3.63, 3.8) is 0 Å². The Morgan fingerprint density at radius 2 is 1.06 bits per heavy atom. The number of aliphatic hydroxyl groups is 9. The second-order valence-electron chi connectivity index (χ2n) is 24.6. The number of aliphatic hydroxyl groups excluding tert-OH is 9. The van der Waals surface area contributed by atoms with Crippen molar-refractivity contribution in [2.75, 3.05) is 6.61 Å². The lowest BCUT2D eigenvalue weighted by molar-refractivity contribution is -0.400. The Bertz CT molecular complexity index is 1970. The van der Waals surface area contributed by atoms with Gasteiger partial charge in [0.15, 0.2) is 49.8 Å². The van der Waals surface area contributed by atoms with Gasteiger partial charge in [0.05, 0.1) is 43.0 Å². The summed E-state index contributed by atoms with van der Waals surface area (Å²) in [6, 6.07) is 0. The first-order valence-corrected chi connectivity index (χ1v) is 32.3. The van der Waals surface area contributed by atoms with Gasteiger partial charge in [0, 0.05) is 12.8 Å². The molecule has 0 radical (unpaired) electrons. The Morgan fingerprint density at radius 1 is 0.500 bits per heavy atom. The molecule has 0 amide bonds. The molecule has 0 bridgehead atoms. The van der Waals surface area contributed by atoms with Gasteiger partial charge in [0.2, 0.25) is 0 Å². The van der Waals surface area contributed by atoms with E-state index in [0.29, 0.717) is 38.5 Å². The molecule has 25 heteroatoms. The molecule has 6 saturated heterocycles. The van der Waals surface area contributed by atoms with Gasteiger partial charge in [-0.3, -0.25) is 14.4 Å². The normalized spacial score (nSPS) is 42.0. The predicted octanol–water partition coefficient (Wildman–Crippen LogP) is 3.52. The highest BCUT2D eigenvalue weighted by Gasteiger charge is 2.59. The zero-order valence-electron chi connectivity index (χ0n) is 51.9. The average molecular weight is 1240 g/mol. The lowest BCUT2D eigenvalue weighted by Crippen LogP contribution is -2.68. The number of hydrogen-bond acceptors (Lipinski definition) is 25. The summed E-state index contributed by atoms with van der Waals surface area (Å²) in [4.78, 5) is 41.1. The van der Waals surface area contributed by atoms with Gasteiger partial charge in [0.1, 0.15) is 79.4 Å². The number of carbonyl (C=O) groups is 3. The SMILES string of the molecule is CCCCCCCCCCCC(=O)O[C@H]1[C@H](O[C@@H]2[C@@H](O)[C@H]3OC(=O)CCCCCCCCC[C@H](CCC)O[C@@H]4O[C@H](C)[C@H](O)[C@H](O)[C@H]4O[C@@H]3O[C@H]2C)O[C@@H](C)[C@H](O[C@@H]2O[C@@H](C)[C@H](OC(=O)[C@@H](C)CC)[C@@H](O)[C@H]2O)[C@H]1O[C@@H]1O[C@H](CO)[C@@H](O)[C@H](O)[C@H]1O. The fraction of sp³-hybridized carbons (Fsp3) is 0.951. The van der Waals surface area contributed by atoms with Crippen molar-refractivity contribution < 1.29 is 122 Å². The number of carbonyl (C=O) groups excluding carboxylic acids is 3. The summed E-state index contributed by atoms with van der Waals surface area (Å²) in [5.41, 5.74) is 0. The quantitative estimate of drug-likeness (QED) is 0.0401. The van der Waals surface area contributed by atoms with Crippen molar-refractivity contribution in [2.24, 2.45) is 5.92 Å². The van der Waals surface area contributed by atoms with Gasteiger partial charge in [-0.2, -0.15) is 0 Å². The van der Waals surface area contributed by atoms with Crippen LogP contribution in [0.5, 0.6) is 0 Å². The molecular weight excluding hydrogens is 1130 g/mol. The number of rotatable bonds is 23. The van der Waals surface area contributed by atoms with Crippen LogP contribution in [0.15, 0.2) is 0 Å². The molecule has 9 N–H and O–H groups in total. The summed E-state index contributed by atoms with van der Waals surface area (Å²) in [5, 5.41) is 102. The maximum absolute atomic E-state index is 14.3. The zero-order valence-corrected chi connectivity index (χ0v) is 51.9. The van der Waals surface area contributed by atoms with Gasteiger partial charge in [-0.05, 0) is 59.8 Å². The van der Waals surface area contributed by atoms with E-state index in [2.05, 4.69) is 6.92 Å². The second kappa shape index (κ2) is 36.0. The van der Waals surface area contributed by atoms with Crippen LogP contribution in [0.25, 0.3) is 0 Å². The van der Waals surface area contributed by atoms with Crippen LogP contribution in [0.4, 0.5) is 0 Å². The first kappa shape index (κ1) is 72.7. The van der Waals surface area contributed by atoms with Crippen LogP contribution < -0.4 is 0 Å². The number of esters is 3. The maximum atomic E-state index is 14.3. The molecule has 86 heavy (non-hydrogen) atoms. The summed E-state index contributed by atoms with van der Waals surface area (Å²) in [6.07, 6.45) is -23.1. The molecule has 27 atom stereocenters. The summed E-state index contributed by atoms with van der Waals surface area (Å²) in [6.45, 7) is 12.9. The minimum Gasteiger partial charge on any atom is -0.457 e. The van der Waals surface area contributed by atoms with Crippen molar-refractivity contribution in [1.82, 2.24) is 0 Å². The Morgan fingerprint density at radius 3 is 1.72 bits per heavy atom. The minimum atomic E-state index is -2.01. The Labute approximate surface area is 507 Å². The molecule has 0 aromatic heterocycles. The van der Waals surface area contributed by atoms with Crippen molar-refractivity contribution in [2.45, 2.75) is 356 Å². The van der Waals surface area contributed by atoms with Crippen LogP contribution >= 0.6 is 0 Å². The molecule has 0 aromatic carbocycles. The van der Waals surface area contributed by atoms with E-state index in [1.54, 1.807) is 20.8 Å². The zero-order chi connectivity index (χ0) is 62.8. The summed E-state index contributed by atoms with van der Waals surface area (Å²) in [5.74, 6) is -2.66. The van der Waals surface area contributed by atoms with Gasteiger partial charge in [-0.25, -0.2) is 0 Å². The van der Waals surface area contributed by atoms with Gasteiger partial charge in [0.25, 0.3) is 0 Å². The average Bonchev–Trinajstić information content (AvgIpc) is 0.928. The predicted molar refractivity (Wildman–Crippen MR) is 303 cm³/mol. The third-order valence-corrected chi connectivity index (χ3v) is 17.7. The van der Waals surface area contributed by atoms with Gasteiger partial charge < -0.3 is 108 Å². The van der Waals surface area contributed by atoms with Crippen LogP contribution in [0.1, 0.15) is 197 Å². The largest absolute Gasteiger partial charge is 0.457 e. The minimum absolute atomic E-state index is 0.0372. The molecule has 6 aliphatic heterocycles. The highest BCUT2D eigenvalue weighted by Crippen LogP contribution is 2.39. The van der Waals surface area contributed by atoms with E-state index >= 15 is 0 Å². The van der Waals surface area contributed by atoms with E-state index in [4.69, 9.17) is 61.6 Å². The van der Waals surface area contributed by atoms with Crippen LogP contribution in [-0.2, 0) is 76.0 Å². The van der Waals surface area contributed by atoms with Crippen molar-refractivity contribution in [3.05, 3.63) is 0 Å². The van der Waals surface area contributed by atoms with E-state index in [0.717, 1.165) is 89.9 Å². The molecule has 6 rings (SSSR count). The fourth-order valence-corrected chi connectivity index (χ4v) is 12.0. The van der Waals surface area contributed by atoms with E-state index in [1.165, 1.54) is 20.8 Å². The monoisotopic (exact) mass is 1240 g/mol. The van der Waals surface area contributed by atoms with E-state index in [1.807, 2.05) is 6.92 Å². The Balaban J connectivity index is 1.35. The van der Waals surface area contributed by atoms with Gasteiger partial charge in [-0.1, -0.05) is 124 Å². The summed E-state index contributed by atoms with van der Waals surface area (Å²) < 4.78 is 81.7. The van der Waals surface area contributed by atoms with Gasteiger partial charge in [-0.15, -0.1) is 0 Å². The maximum Gasteiger partial charge on any atom is 0.309 e. The van der Waals surface area contributed by atoms with Crippen LogP contribution in [0, 0.1) is 5.92 Å². The molecular formula is C61H106O25. The standard InChI is InChI=1S/C61H106O25/c1-9-12-13-14-15-16-19-22-26-30-40(64)81-55-54(86-58-46(70)43(67)42(66)38(31-62)79-58)51(84-57-47(71)45(69)49(34(6)75-57)82-56(73)32(4)11-3)36(8)77-61(55)83-50-35(7)76-60-53(48(50)72)80-39(63)29-25-23-20-17-18-21-24-28-37(27-10-2)78-59-52(85-60)44(68)41(65)33(5)74-59/h32-38,41-55,57-62,65-72H,9-31H2,1-8H3/t32-,33+,34-,35-,36-,37-,38+,41-,42+,43-,44-,45-,46+,47+,48+,49-,50-,51-,52+,53+,54+,55+,57-,58-,59-,60-,61-/m0/s1. The van der Waals surface area contributed by atoms with Crippen molar-refractivity contribution in [3.8, 4) is 0 Å². The molecule has 500 valence electrons. The van der Waals surface area contributed by atoms with Crippen LogP contribution in [0.2, 0.25) is 0 Å². The van der Waals surface area contributed by atoms with Crippen molar-refractivity contribution in [1.29, 1.82) is 0 Å². The first-order chi connectivity index (χ1) is 41.1. The van der Waals surface area contributed by atoms with Crippen LogP contribution in [0.3, 0.4) is 0 Å². The number of ether oxygens (including phenoxy) is 13. The second-order valence-corrected chi connectivity index (χ2v) is 24.6. The lowest BCUT2D eigenvalue weighted by Gasteiger charge is -2.51. The Hall–Kier alpha value is -2.35. The number of hydrogen-bond donors (Lipinski definition) is 9. The molecule has 6 fully saturated rings. The highest BCUT2D eigenvalue weighted by molar-refractivity contribution is 5.72. The topological polar surface area (TPSA) is 353 Å². The molecule has 0 unspecified atom stereocenters. The molecule has 0 aromatic rings. The molecule has 0 saturated carbocycles. The molecule has 6 heterocycles. The molecule has 6 aliphatic rings. The van der Waals surface area contributed by atoms with E-state index < -0.39 is 184 Å². The summed E-state index contributed by atoms with van der Waals surface area (Å²) >= 11 is 0. The number of fused-ring (bicyclic) bond motifs is 2. The third-order valence-electron chi connectivity index (χ3n) is 17.7. The highest BCUT2D eigenvalue weighted by atomic mass is 16.8. The third kappa shape index (κ3) is 19.8. The van der Waals surface area contributed by atoms with Gasteiger partial charge >= 0.3 is 17.9 Å². The summed E-state index contributed by atoms with van der Waals surface area (Å²) in [7, 11) is 0. The van der Waals surface area contributed by atoms with E-state index in [-0.39, 0.29) is 18.9 Å². The smallest absolute Gasteiger partial charge is 0.309 e. The Kier molecular flexibility index (Phi) is 30.5. The number of unbranched alkanes of at least 4 members (excludes halogenated alkanes) is 8. The molecule has 0 spiro atoms. The lowest BCUT2D eigenvalue weighted by atomic mass is 9.95. The molecule has 0 aliphatic carbocycles. The molecule has 25 nitrogen and oxygen atoms in total. The van der Waals surface area contributed by atoms with Crippen LogP contribution in [-0.4, -0.2) is 230 Å². The fourth-order valence-electron chi connectivity index (χ4n) is 12.0. The van der Waals surface area contributed by atoms with E-state index in [9.17, 15) is 60.3 Å². The first-order valence-electron chi connectivity index (χ1n) is 32.3.